The van der Waals surface area contributed by atoms with Crippen LogP contribution in [-0.4, -0.2) is 13.1 Å². The van der Waals surface area contributed by atoms with Gasteiger partial charge in [-0.3, -0.25) is 4.79 Å². The third-order valence-electron chi connectivity index (χ3n) is 5.09. The number of aryl methyl sites for hydroxylation is 1. The normalized spacial score (nSPS) is 23.6. The van der Waals surface area contributed by atoms with Crippen molar-refractivity contribution < 1.29 is 14.3 Å². The first-order valence-corrected chi connectivity index (χ1v) is 10.4. The first-order chi connectivity index (χ1) is 12.0. The number of ether oxygens (including phenoxy) is 2. The molecule has 3 fully saturated rings. The van der Waals surface area contributed by atoms with Gasteiger partial charge in [0.05, 0.1) is 17.0 Å². The molecule has 0 atom stereocenters. The summed E-state index contributed by atoms with van der Waals surface area (Å²) in [6.45, 7) is 9.99. The van der Waals surface area contributed by atoms with Gasteiger partial charge in [0.2, 0.25) is 0 Å². The summed E-state index contributed by atoms with van der Waals surface area (Å²) in [5.74, 6) is 1.87. The second-order valence-corrected chi connectivity index (χ2v) is 7.28. The molecular weight excluding hydrogens is 380 g/mol. The molecule has 0 heterocycles. The molecule has 3 saturated carbocycles. The highest BCUT2D eigenvalue weighted by molar-refractivity contribution is 9.10. The zero-order chi connectivity index (χ0) is 19.0. The molecule has 142 valence electrons. The Morgan fingerprint density at radius 1 is 1.08 bits per heavy atom. The van der Waals surface area contributed by atoms with Gasteiger partial charge in [0.1, 0.15) is 0 Å². The first-order valence-electron chi connectivity index (χ1n) is 9.60. The molecule has 0 N–H and O–H groups in total. The second kappa shape index (κ2) is 10.2. The third-order valence-corrected chi connectivity index (χ3v) is 5.68. The molecule has 1 aromatic rings. The first kappa shape index (κ1) is 22.0. The Kier molecular flexibility index (Phi) is 8.98. The van der Waals surface area contributed by atoms with Crippen LogP contribution in [0, 0.1) is 18.3 Å². The highest BCUT2D eigenvalue weighted by Gasteiger charge is 2.47. The van der Waals surface area contributed by atoms with Gasteiger partial charge in [0.15, 0.2) is 11.5 Å². The molecule has 4 heteroatoms. The highest BCUT2D eigenvalue weighted by Crippen LogP contribution is 2.51. The average molecular weight is 413 g/mol. The van der Waals surface area contributed by atoms with Crippen molar-refractivity contribution in [3.05, 3.63) is 22.2 Å². The summed E-state index contributed by atoms with van der Waals surface area (Å²) < 4.78 is 11.9. The van der Waals surface area contributed by atoms with Crippen molar-refractivity contribution in [2.24, 2.45) is 11.3 Å². The quantitative estimate of drug-likeness (QED) is 0.409. The van der Waals surface area contributed by atoms with E-state index in [1.54, 1.807) is 7.11 Å². The van der Waals surface area contributed by atoms with E-state index < -0.39 is 0 Å². The zero-order valence-corrected chi connectivity index (χ0v) is 18.2. The van der Waals surface area contributed by atoms with Crippen LogP contribution in [0.5, 0.6) is 11.5 Å². The minimum atomic E-state index is -0.260. The number of methoxy groups -OCH3 is 1. The largest absolute Gasteiger partial charge is 0.493 e. The molecule has 2 bridgehead atoms. The van der Waals surface area contributed by atoms with E-state index in [1.165, 1.54) is 19.3 Å². The number of hydrogen-bond acceptors (Lipinski definition) is 3. The van der Waals surface area contributed by atoms with E-state index in [2.05, 4.69) is 15.9 Å². The molecule has 0 saturated heterocycles. The monoisotopic (exact) mass is 412 g/mol. The summed E-state index contributed by atoms with van der Waals surface area (Å²) in [5, 5.41) is 0. The summed E-state index contributed by atoms with van der Waals surface area (Å²) >= 11 is 3.48. The van der Waals surface area contributed by atoms with Crippen molar-refractivity contribution in [1.29, 1.82) is 0 Å². The molecule has 0 radical (unpaired) electrons. The van der Waals surface area contributed by atoms with Crippen LogP contribution in [0.2, 0.25) is 0 Å². The average Bonchev–Trinajstić information content (AvgIpc) is 2.68. The van der Waals surface area contributed by atoms with Gasteiger partial charge in [0.25, 0.3) is 0 Å². The molecule has 1 aromatic carbocycles. The lowest BCUT2D eigenvalue weighted by atomic mass is 9.61. The smallest absolute Gasteiger partial charge is 0.317 e. The van der Waals surface area contributed by atoms with Crippen LogP contribution in [0.1, 0.15) is 71.8 Å². The van der Waals surface area contributed by atoms with Gasteiger partial charge in [-0.2, -0.15) is 0 Å². The van der Waals surface area contributed by atoms with Gasteiger partial charge < -0.3 is 9.47 Å². The Bertz CT molecular complexity index is 547. The van der Waals surface area contributed by atoms with Crippen molar-refractivity contribution in [2.45, 2.75) is 73.1 Å². The second-order valence-electron chi connectivity index (χ2n) is 6.43. The third kappa shape index (κ3) is 4.99. The van der Waals surface area contributed by atoms with E-state index in [4.69, 9.17) is 9.47 Å². The maximum atomic E-state index is 12.8. The van der Waals surface area contributed by atoms with Gasteiger partial charge in [-0.25, -0.2) is 0 Å². The van der Waals surface area contributed by atoms with Crippen LogP contribution in [0.25, 0.3) is 0 Å². The summed E-state index contributed by atoms with van der Waals surface area (Å²) in [7, 11) is 1.60. The van der Waals surface area contributed by atoms with Gasteiger partial charge in [-0.15, -0.1) is 0 Å². The Hall–Kier alpha value is -1.03. The van der Waals surface area contributed by atoms with E-state index in [0.717, 1.165) is 35.2 Å². The van der Waals surface area contributed by atoms with E-state index in [-0.39, 0.29) is 11.4 Å². The summed E-state index contributed by atoms with van der Waals surface area (Å²) in [6, 6.07) is 3.84. The number of hydrogen-bond donors (Lipinski definition) is 0. The number of fused-ring (bicyclic) bond motifs is 3. The zero-order valence-electron chi connectivity index (χ0n) is 16.6. The molecule has 0 aliphatic heterocycles. The fourth-order valence-electron chi connectivity index (χ4n) is 3.70. The summed E-state index contributed by atoms with van der Waals surface area (Å²) in [5.41, 5.74) is 0.805. The van der Waals surface area contributed by atoms with Crippen LogP contribution in [0.3, 0.4) is 0 Å². The van der Waals surface area contributed by atoms with Gasteiger partial charge >= 0.3 is 5.97 Å². The van der Waals surface area contributed by atoms with Crippen LogP contribution in [0.15, 0.2) is 16.6 Å². The molecule has 3 aliphatic rings. The van der Waals surface area contributed by atoms with Crippen molar-refractivity contribution >= 4 is 21.9 Å². The molecule has 0 unspecified atom stereocenters. The topological polar surface area (TPSA) is 35.5 Å². The van der Waals surface area contributed by atoms with Gasteiger partial charge in [-0.05, 0) is 85.0 Å². The van der Waals surface area contributed by atoms with Crippen molar-refractivity contribution in [3.8, 4) is 11.5 Å². The lowest BCUT2D eigenvalue weighted by molar-refractivity contribution is -0.152. The van der Waals surface area contributed by atoms with Crippen molar-refractivity contribution in [1.82, 2.24) is 0 Å². The predicted octanol–water partition coefficient (Wildman–Crippen LogP) is 6.69. The summed E-state index contributed by atoms with van der Waals surface area (Å²) in [6.07, 6.45) is 6.43. The van der Waals surface area contributed by atoms with Gasteiger partial charge in [0, 0.05) is 0 Å². The SMILES string of the molecule is CC.CC.COc1cc(C)cc(Br)c1OC(=O)C12CCC(CC1)CC2. The fraction of sp³-hybridized carbons (Fsp3) is 0.667. The van der Waals surface area contributed by atoms with Gasteiger partial charge in [-0.1, -0.05) is 27.7 Å². The van der Waals surface area contributed by atoms with E-state index in [1.807, 2.05) is 46.8 Å². The molecule has 4 rings (SSSR count). The standard InChI is InChI=1S/C17H21BrO3.2C2H6/c1-11-9-13(18)15(14(10-11)20-2)21-16(19)17-6-3-12(4-7-17)5-8-17;2*1-2/h9-10,12H,3-8H2,1-2H3;2*1-2H3. The molecule has 0 amide bonds. The molecule has 0 spiro atoms. The van der Waals surface area contributed by atoms with Crippen LogP contribution in [-0.2, 0) is 4.79 Å². The highest BCUT2D eigenvalue weighted by atomic mass is 79.9. The van der Waals surface area contributed by atoms with E-state index in [0.29, 0.717) is 11.5 Å². The van der Waals surface area contributed by atoms with E-state index in [9.17, 15) is 4.79 Å². The number of carbonyl (C=O) groups excluding carboxylic acids is 1. The molecule has 25 heavy (non-hydrogen) atoms. The molecular formula is C21H33BrO3. The Morgan fingerprint density at radius 2 is 1.60 bits per heavy atom. The minimum Gasteiger partial charge on any atom is -0.493 e. The Labute approximate surface area is 161 Å². The maximum absolute atomic E-state index is 12.8. The maximum Gasteiger partial charge on any atom is 0.317 e. The fourth-order valence-corrected chi connectivity index (χ4v) is 4.34. The van der Waals surface area contributed by atoms with Crippen LogP contribution >= 0.6 is 15.9 Å². The minimum absolute atomic E-state index is 0.0801. The van der Waals surface area contributed by atoms with Crippen molar-refractivity contribution in [2.75, 3.05) is 7.11 Å². The number of esters is 1. The summed E-state index contributed by atoms with van der Waals surface area (Å²) in [4.78, 5) is 12.8. The van der Waals surface area contributed by atoms with Crippen LogP contribution < -0.4 is 9.47 Å². The number of benzene rings is 1. The number of halogens is 1. The number of rotatable bonds is 3. The molecule has 0 aromatic heterocycles. The number of carbonyl (C=O) groups is 1. The lowest BCUT2D eigenvalue weighted by Gasteiger charge is -2.44. The Morgan fingerprint density at radius 3 is 2.08 bits per heavy atom. The molecule has 3 aliphatic carbocycles. The Balaban J connectivity index is 0.000000730. The predicted molar refractivity (Wildman–Crippen MR) is 107 cm³/mol. The van der Waals surface area contributed by atoms with Crippen molar-refractivity contribution in [3.63, 3.8) is 0 Å². The van der Waals surface area contributed by atoms with Crippen LogP contribution in [0.4, 0.5) is 0 Å². The van der Waals surface area contributed by atoms with E-state index >= 15 is 0 Å². The molecule has 3 nitrogen and oxygen atoms in total. The lowest BCUT2D eigenvalue weighted by Crippen LogP contribution is -2.42.